The summed E-state index contributed by atoms with van der Waals surface area (Å²) in [5.41, 5.74) is 1.11. The van der Waals surface area contributed by atoms with Gasteiger partial charge in [-0.2, -0.15) is 0 Å². The van der Waals surface area contributed by atoms with E-state index in [2.05, 4.69) is 34.0 Å². The van der Waals surface area contributed by atoms with Crippen molar-refractivity contribution in [1.29, 1.82) is 0 Å². The van der Waals surface area contributed by atoms with Gasteiger partial charge in [0.05, 0.1) is 6.10 Å². The number of rotatable bonds is 5. The molecule has 1 aromatic rings. The van der Waals surface area contributed by atoms with Gasteiger partial charge in [0.15, 0.2) is 0 Å². The van der Waals surface area contributed by atoms with Crippen molar-refractivity contribution in [3.8, 4) is 0 Å². The molecule has 0 radical (unpaired) electrons. The molecule has 5 heteroatoms. The van der Waals surface area contributed by atoms with Crippen molar-refractivity contribution in [2.45, 2.75) is 39.2 Å². The van der Waals surface area contributed by atoms with Gasteiger partial charge in [0.1, 0.15) is 18.0 Å². The molecule has 0 spiro atoms. The van der Waals surface area contributed by atoms with E-state index in [9.17, 15) is 0 Å². The number of nitrogens with zero attached hydrogens (tertiary/aromatic N) is 3. The maximum absolute atomic E-state index is 5.88. The van der Waals surface area contributed by atoms with Crippen LogP contribution in [0.1, 0.15) is 31.7 Å². The van der Waals surface area contributed by atoms with Crippen LogP contribution >= 0.6 is 0 Å². The van der Waals surface area contributed by atoms with Crippen molar-refractivity contribution >= 4 is 11.6 Å². The molecule has 0 aromatic carbocycles. The Bertz CT molecular complexity index is 410. The Hall–Kier alpha value is -1.36. The SMILES string of the molecule is CCCOC1CCCN(c2ncnc(NC)c2C)C1. The first-order valence-corrected chi connectivity index (χ1v) is 7.12. The van der Waals surface area contributed by atoms with E-state index in [1.54, 1.807) is 6.33 Å². The summed E-state index contributed by atoms with van der Waals surface area (Å²) < 4.78 is 5.88. The fourth-order valence-corrected chi connectivity index (χ4v) is 2.56. The highest BCUT2D eigenvalue weighted by atomic mass is 16.5. The zero-order valence-corrected chi connectivity index (χ0v) is 12.1. The molecule has 1 aromatic heterocycles. The second-order valence-corrected chi connectivity index (χ2v) is 5.00. The third-order valence-electron chi connectivity index (χ3n) is 3.53. The molecule has 1 fully saturated rings. The molecule has 106 valence electrons. The summed E-state index contributed by atoms with van der Waals surface area (Å²) in [6, 6.07) is 0. The second kappa shape index (κ2) is 6.70. The fraction of sp³-hybridized carbons (Fsp3) is 0.714. The van der Waals surface area contributed by atoms with Crippen molar-refractivity contribution < 1.29 is 4.74 Å². The normalized spacial score (nSPS) is 19.5. The van der Waals surface area contributed by atoms with Crippen molar-refractivity contribution in [3.63, 3.8) is 0 Å². The second-order valence-electron chi connectivity index (χ2n) is 5.00. The molecule has 2 heterocycles. The molecule has 1 N–H and O–H groups in total. The zero-order valence-electron chi connectivity index (χ0n) is 12.1. The number of aromatic nitrogens is 2. The largest absolute Gasteiger partial charge is 0.376 e. The molecule has 1 aliphatic rings. The van der Waals surface area contributed by atoms with Crippen molar-refractivity contribution in [3.05, 3.63) is 11.9 Å². The molecule has 2 rings (SSSR count). The van der Waals surface area contributed by atoms with Crippen LogP contribution in [-0.2, 0) is 4.74 Å². The van der Waals surface area contributed by atoms with E-state index >= 15 is 0 Å². The predicted octanol–water partition coefficient (Wildman–Crippen LogP) is 2.22. The molecular weight excluding hydrogens is 240 g/mol. The third kappa shape index (κ3) is 3.35. The van der Waals surface area contributed by atoms with E-state index in [1.165, 1.54) is 0 Å². The lowest BCUT2D eigenvalue weighted by molar-refractivity contribution is 0.0439. The lowest BCUT2D eigenvalue weighted by Gasteiger charge is -2.34. The Balaban J connectivity index is 2.08. The van der Waals surface area contributed by atoms with E-state index in [4.69, 9.17) is 4.74 Å². The van der Waals surface area contributed by atoms with Crippen LogP contribution in [-0.4, -0.2) is 42.8 Å². The van der Waals surface area contributed by atoms with Gasteiger partial charge < -0.3 is 15.0 Å². The Labute approximate surface area is 115 Å². The molecule has 1 aliphatic heterocycles. The topological polar surface area (TPSA) is 50.3 Å². The van der Waals surface area contributed by atoms with Crippen molar-refractivity contribution in [1.82, 2.24) is 9.97 Å². The van der Waals surface area contributed by atoms with Crippen LogP contribution in [0.5, 0.6) is 0 Å². The number of anilines is 2. The van der Waals surface area contributed by atoms with Crippen molar-refractivity contribution in [2.75, 3.05) is 37.0 Å². The minimum absolute atomic E-state index is 0.334. The molecule has 1 atom stereocenters. The third-order valence-corrected chi connectivity index (χ3v) is 3.53. The molecule has 1 unspecified atom stereocenters. The summed E-state index contributed by atoms with van der Waals surface area (Å²) in [5.74, 6) is 1.94. The first-order chi connectivity index (χ1) is 9.26. The Kier molecular flexibility index (Phi) is 4.96. The highest BCUT2D eigenvalue weighted by Crippen LogP contribution is 2.25. The Morgan fingerprint density at radius 2 is 2.32 bits per heavy atom. The summed E-state index contributed by atoms with van der Waals surface area (Å²) in [6.45, 7) is 7.04. The van der Waals surface area contributed by atoms with Gasteiger partial charge in [0.2, 0.25) is 0 Å². The molecule has 5 nitrogen and oxygen atoms in total. The standard InChI is InChI=1S/C14H24N4O/c1-4-8-19-12-6-5-7-18(9-12)14-11(2)13(15-3)16-10-17-14/h10,12H,4-9H2,1-3H3,(H,15,16,17). The van der Waals surface area contributed by atoms with Gasteiger partial charge in [-0.05, 0) is 26.2 Å². The molecule has 1 saturated heterocycles. The van der Waals surface area contributed by atoms with Gasteiger partial charge in [-0.3, -0.25) is 0 Å². The van der Waals surface area contributed by atoms with E-state index in [0.717, 1.165) is 56.2 Å². The summed E-state index contributed by atoms with van der Waals surface area (Å²) in [6.07, 6.45) is 5.35. The fourth-order valence-electron chi connectivity index (χ4n) is 2.56. The molecule has 0 bridgehead atoms. The van der Waals surface area contributed by atoms with Gasteiger partial charge >= 0.3 is 0 Å². The predicted molar refractivity (Wildman–Crippen MR) is 77.8 cm³/mol. The number of piperidine rings is 1. The monoisotopic (exact) mass is 264 g/mol. The summed E-state index contributed by atoms with van der Waals surface area (Å²) in [7, 11) is 1.89. The summed E-state index contributed by atoms with van der Waals surface area (Å²) in [5, 5.41) is 3.11. The average molecular weight is 264 g/mol. The first-order valence-electron chi connectivity index (χ1n) is 7.12. The molecular formula is C14H24N4O. The molecule has 0 saturated carbocycles. The summed E-state index contributed by atoms with van der Waals surface area (Å²) >= 11 is 0. The average Bonchev–Trinajstić information content (AvgIpc) is 2.45. The van der Waals surface area contributed by atoms with Crippen LogP contribution in [0.3, 0.4) is 0 Å². The first kappa shape index (κ1) is 14.1. The van der Waals surface area contributed by atoms with Gasteiger partial charge in [0, 0.05) is 32.3 Å². The zero-order chi connectivity index (χ0) is 13.7. The lowest BCUT2D eigenvalue weighted by atomic mass is 10.1. The van der Waals surface area contributed by atoms with Gasteiger partial charge in [-0.1, -0.05) is 6.92 Å². The maximum atomic E-state index is 5.88. The van der Waals surface area contributed by atoms with Crippen LogP contribution in [0.25, 0.3) is 0 Å². The number of ether oxygens (including phenoxy) is 1. The van der Waals surface area contributed by atoms with Crippen LogP contribution < -0.4 is 10.2 Å². The maximum Gasteiger partial charge on any atom is 0.137 e. The highest BCUT2D eigenvalue weighted by molar-refractivity contribution is 5.57. The number of nitrogens with one attached hydrogen (secondary N) is 1. The number of hydrogen-bond acceptors (Lipinski definition) is 5. The van der Waals surface area contributed by atoms with Crippen LogP contribution in [0.2, 0.25) is 0 Å². The minimum Gasteiger partial charge on any atom is -0.376 e. The van der Waals surface area contributed by atoms with Gasteiger partial charge in [0.25, 0.3) is 0 Å². The van der Waals surface area contributed by atoms with Crippen LogP contribution in [0.4, 0.5) is 11.6 Å². The smallest absolute Gasteiger partial charge is 0.137 e. The lowest BCUT2D eigenvalue weighted by Crippen LogP contribution is -2.40. The van der Waals surface area contributed by atoms with E-state index in [1.807, 2.05) is 7.05 Å². The molecule has 19 heavy (non-hydrogen) atoms. The van der Waals surface area contributed by atoms with E-state index in [0.29, 0.717) is 6.10 Å². The van der Waals surface area contributed by atoms with Crippen LogP contribution in [0, 0.1) is 6.92 Å². The summed E-state index contributed by atoms with van der Waals surface area (Å²) in [4.78, 5) is 11.0. The van der Waals surface area contributed by atoms with Crippen LogP contribution in [0.15, 0.2) is 6.33 Å². The number of hydrogen-bond donors (Lipinski definition) is 1. The Morgan fingerprint density at radius 3 is 3.05 bits per heavy atom. The van der Waals surface area contributed by atoms with E-state index < -0.39 is 0 Å². The van der Waals surface area contributed by atoms with Gasteiger partial charge in [-0.15, -0.1) is 0 Å². The van der Waals surface area contributed by atoms with Gasteiger partial charge in [-0.25, -0.2) is 9.97 Å². The van der Waals surface area contributed by atoms with Crippen molar-refractivity contribution in [2.24, 2.45) is 0 Å². The molecule has 0 amide bonds. The molecule has 0 aliphatic carbocycles. The quantitative estimate of drug-likeness (QED) is 0.883. The minimum atomic E-state index is 0.334. The van der Waals surface area contributed by atoms with E-state index in [-0.39, 0.29) is 0 Å². The Morgan fingerprint density at radius 1 is 1.47 bits per heavy atom. The highest BCUT2D eigenvalue weighted by Gasteiger charge is 2.23.